The number of thiophene rings is 1. The Morgan fingerprint density at radius 1 is 1.10 bits per heavy atom. The average molecular weight is 464 g/mol. The second kappa shape index (κ2) is 10.2. The molecular formula is C22H22ClNO4S2. The van der Waals surface area contributed by atoms with Crippen molar-refractivity contribution in [3.63, 3.8) is 0 Å². The van der Waals surface area contributed by atoms with E-state index in [0.717, 1.165) is 22.4 Å². The van der Waals surface area contributed by atoms with E-state index in [1.807, 2.05) is 41.8 Å². The third-order valence-corrected chi connectivity index (χ3v) is 7.24. The van der Waals surface area contributed by atoms with Gasteiger partial charge in [0.05, 0.1) is 18.0 Å². The van der Waals surface area contributed by atoms with Crippen molar-refractivity contribution >= 4 is 38.9 Å². The predicted octanol–water partition coefficient (Wildman–Crippen LogP) is 4.97. The van der Waals surface area contributed by atoms with Gasteiger partial charge in [-0.15, -0.1) is 11.3 Å². The largest absolute Gasteiger partial charge is 0.469 e. The van der Waals surface area contributed by atoms with Gasteiger partial charge in [-0.25, -0.2) is 8.42 Å². The van der Waals surface area contributed by atoms with Gasteiger partial charge in [0, 0.05) is 16.3 Å². The van der Waals surface area contributed by atoms with Crippen molar-refractivity contribution in [2.24, 2.45) is 0 Å². The molecule has 0 radical (unpaired) electrons. The predicted molar refractivity (Wildman–Crippen MR) is 119 cm³/mol. The number of ether oxygens (including phenoxy) is 1. The summed E-state index contributed by atoms with van der Waals surface area (Å²) >= 11 is 7.37. The van der Waals surface area contributed by atoms with E-state index >= 15 is 0 Å². The maximum absolute atomic E-state index is 12.9. The number of aryl methyl sites for hydroxylation is 1. The van der Waals surface area contributed by atoms with Crippen LogP contribution in [0.2, 0.25) is 5.02 Å². The quantitative estimate of drug-likeness (QED) is 0.455. The van der Waals surface area contributed by atoms with Gasteiger partial charge in [-0.3, -0.25) is 4.79 Å². The summed E-state index contributed by atoms with van der Waals surface area (Å²) in [6.07, 6.45) is 1.82. The zero-order valence-corrected chi connectivity index (χ0v) is 18.8. The number of hydrogen-bond acceptors (Lipinski definition) is 5. The maximum Gasteiger partial charge on any atom is 0.305 e. The first kappa shape index (κ1) is 22.5. The van der Waals surface area contributed by atoms with Gasteiger partial charge in [-0.1, -0.05) is 41.9 Å². The van der Waals surface area contributed by atoms with E-state index in [2.05, 4.69) is 9.46 Å². The molecule has 3 rings (SSSR count). The SMILES string of the molecule is COC(=O)CCCc1ccc(C(NS(=O)(=O)c2ccc(Cl)cc2)c2cccs2)cc1. The minimum Gasteiger partial charge on any atom is -0.469 e. The molecule has 0 aliphatic heterocycles. The van der Waals surface area contributed by atoms with Crippen molar-refractivity contribution in [1.29, 1.82) is 0 Å². The third kappa shape index (κ3) is 5.92. The van der Waals surface area contributed by atoms with Crippen LogP contribution < -0.4 is 4.72 Å². The first-order valence-corrected chi connectivity index (χ1v) is 12.1. The molecule has 1 atom stereocenters. The Morgan fingerprint density at radius 2 is 1.80 bits per heavy atom. The Bertz CT molecular complexity index is 1060. The van der Waals surface area contributed by atoms with Gasteiger partial charge in [0.1, 0.15) is 0 Å². The van der Waals surface area contributed by atoms with Crippen LogP contribution in [-0.4, -0.2) is 21.5 Å². The Hall–Kier alpha value is -2.19. The van der Waals surface area contributed by atoms with Crippen LogP contribution in [0.25, 0.3) is 0 Å². The molecule has 0 saturated carbocycles. The molecule has 1 unspecified atom stereocenters. The summed E-state index contributed by atoms with van der Waals surface area (Å²) < 4.78 is 33.3. The fourth-order valence-corrected chi connectivity index (χ4v) is 5.21. The molecular weight excluding hydrogens is 442 g/mol. The normalized spacial score (nSPS) is 12.5. The minimum absolute atomic E-state index is 0.160. The van der Waals surface area contributed by atoms with E-state index in [1.54, 1.807) is 12.1 Å². The van der Waals surface area contributed by atoms with E-state index in [0.29, 0.717) is 17.9 Å². The smallest absolute Gasteiger partial charge is 0.305 e. The fraction of sp³-hybridized carbons (Fsp3) is 0.227. The molecule has 1 heterocycles. The molecule has 0 spiro atoms. The number of methoxy groups -OCH3 is 1. The highest BCUT2D eigenvalue weighted by Crippen LogP contribution is 2.28. The maximum atomic E-state index is 12.9. The van der Waals surface area contributed by atoms with E-state index in [1.165, 1.54) is 30.6 Å². The van der Waals surface area contributed by atoms with Crippen LogP contribution >= 0.6 is 22.9 Å². The van der Waals surface area contributed by atoms with Gasteiger partial charge >= 0.3 is 5.97 Å². The Kier molecular flexibility index (Phi) is 7.66. The highest BCUT2D eigenvalue weighted by atomic mass is 35.5. The van der Waals surface area contributed by atoms with Crippen LogP contribution in [-0.2, 0) is 26.0 Å². The number of benzene rings is 2. The van der Waals surface area contributed by atoms with E-state index in [9.17, 15) is 13.2 Å². The molecule has 158 valence electrons. The average Bonchev–Trinajstić information content (AvgIpc) is 3.27. The molecule has 0 bridgehead atoms. The molecule has 2 aromatic carbocycles. The van der Waals surface area contributed by atoms with Crippen LogP contribution in [0.15, 0.2) is 70.9 Å². The molecule has 8 heteroatoms. The second-order valence-corrected chi connectivity index (χ2v) is 9.82. The zero-order chi connectivity index (χ0) is 21.6. The summed E-state index contributed by atoms with van der Waals surface area (Å²) in [5.74, 6) is -0.221. The molecule has 0 aliphatic rings. The van der Waals surface area contributed by atoms with Crippen molar-refractivity contribution in [2.45, 2.75) is 30.2 Å². The Balaban J connectivity index is 1.79. The van der Waals surface area contributed by atoms with Gasteiger partial charge in [0.25, 0.3) is 0 Å². The number of halogens is 1. The summed E-state index contributed by atoms with van der Waals surface area (Å²) in [5.41, 5.74) is 1.92. The molecule has 0 amide bonds. The van der Waals surface area contributed by atoms with Crippen molar-refractivity contribution in [2.75, 3.05) is 7.11 Å². The Labute approximate surface area is 185 Å². The number of rotatable bonds is 9. The van der Waals surface area contributed by atoms with Crippen LogP contribution in [0.4, 0.5) is 0 Å². The highest BCUT2D eigenvalue weighted by molar-refractivity contribution is 7.89. The molecule has 5 nitrogen and oxygen atoms in total. The standard InChI is InChI=1S/C22H22ClNO4S2/c1-28-21(25)6-2-4-16-7-9-17(10-8-16)22(20-5-3-15-29-20)24-30(26,27)19-13-11-18(23)12-14-19/h3,5,7-15,22,24H,2,4,6H2,1H3. The van der Waals surface area contributed by atoms with E-state index < -0.39 is 16.1 Å². The van der Waals surface area contributed by atoms with Crippen molar-refractivity contribution < 1.29 is 17.9 Å². The van der Waals surface area contributed by atoms with E-state index in [4.69, 9.17) is 11.6 Å². The summed E-state index contributed by atoms with van der Waals surface area (Å²) in [6.45, 7) is 0. The minimum atomic E-state index is -3.74. The van der Waals surface area contributed by atoms with Crippen molar-refractivity contribution in [3.05, 3.63) is 87.1 Å². The number of sulfonamides is 1. The molecule has 30 heavy (non-hydrogen) atoms. The van der Waals surface area contributed by atoms with Gasteiger partial charge in [0.2, 0.25) is 10.0 Å². The van der Waals surface area contributed by atoms with Crippen LogP contribution in [0.5, 0.6) is 0 Å². The number of esters is 1. The number of carbonyl (C=O) groups is 1. The lowest BCUT2D eigenvalue weighted by atomic mass is 10.0. The molecule has 1 N–H and O–H groups in total. The number of hydrogen-bond donors (Lipinski definition) is 1. The summed E-state index contributed by atoms with van der Waals surface area (Å²) in [5, 5.41) is 2.40. The molecule has 3 aromatic rings. The first-order chi connectivity index (χ1) is 14.4. The summed E-state index contributed by atoms with van der Waals surface area (Å²) in [6, 6.07) is 17.1. The molecule has 0 aliphatic carbocycles. The van der Waals surface area contributed by atoms with Gasteiger partial charge in [-0.2, -0.15) is 4.72 Å². The van der Waals surface area contributed by atoms with Gasteiger partial charge in [-0.05, 0) is 59.7 Å². The van der Waals surface area contributed by atoms with Crippen LogP contribution in [0, 0.1) is 0 Å². The van der Waals surface area contributed by atoms with Crippen molar-refractivity contribution in [1.82, 2.24) is 4.72 Å². The molecule has 1 aromatic heterocycles. The molecule has 0 fully saturated rings. The summed E-state index contributed by atoms with van der Waals surface area (Å²) in [4.78, 5) is 12.3. The topological polar surface area (TPSA) is 72.5 Å². The monoisotopic (exact) mass is 463 g/mol. The fourth-order valence-electron chi connectivity index (χ4n) is 3.00. The lowest BCUT2D eigenvalue weighted by Crippen LogP contribution is -2.29. The van der Waals surface area contributed by atoms with Crippen LogP contribution in [0.1, 0.15) is 34.9 Å². The lowest BCUT2D eigenvalue weighted by Gasteiger charge is -2.19. The number of carbonyl (C=O) groups excluding carboxylic acids is 1. The summed E-state index contributed by atoms with van der Waals surface area (Å²) in [7, 11) is -2.36. The van der Waals surface area contributed by atoms with E-state index in [-0.39, 0.29) is 10.9 Å². The van der Waals surface area contributed by atoms with Crippen LogP contribution in [0.3, 0.4) is 0 Å². The highest BCUT2D eigenvalue weighted by Gasteiger charge is 2.23. The molecule has 0 saturated heterocycles. The van der Waals surface area contributed by atoms with Crippen molar-refractivity contribution in [3.8, 4) is 0 Å². The van der Waals surface area contributed by atoms with Gasteiger partial charge < -0.3 is 4.74 Å². The zero-order valence-electron chi connectivity index (χ0n) is 16.4. The Morgan fingerprint density at radius 3 is 2.40 bits per heavy atom. The first-order valence-electron chi connectivity index (χ1n) is 9.36. The number of nitrogens with one attached hydrogen (secondary N) is 1. The van der Waals surface area contributed by atoms with Gasteiger partial charge in [0.15, 0.2) is 0 Å². The second-order valence-electron chi connectivity index (χ2n) is 6.69. The lowest BCUT2D eigenvalue weighted by molar-refractivity contribution is -0.140. The third-order valence-electron chi connectivity index (χ3n) is 4.61.